The molecule has 0 aliphatic heterocycles. The maximum absolute atomic E-state index is 13.0. The second-order valence-electron chi connectivity index (χ2n) is 6.09. The summed E-state index contributed by atoms with van der Waals surface area (Å²) in [5, 5.41) is 20.2. The number of phenols is 2. The van der Waals surface area contributed by atoms with Crippen LogP contribution in [0.1, 0.15) is 16.7 Å². The van der Waals surface area contributed by atoms with Crippen molar-refractivity contribution in [3.63, 3.8) is 0 Å². The van der Waals surface area contributed by atoms with Crippen molar-refractivity contribution in [2.45, 2.75) is 4.75 Å². The normalized spacial score (nSPS) is 13.8. The van der Waals surface area contributed by atoms with Gasteiger partial charge in [0.2, 0.25) is 0 Å². The maximum Gasteiger partial charge on any atom is 0.283 e. The average Bonchev–Trinajstić information content (AvgIpc) is 2.63. The highest BCUT2D eigenvalue weighted by atomic mass is 35.5. The van der Waals surface area contributed by atoms with Crippen LogP contribution in [0.25, 0.3) is 0 Å². The van der Waals surface area contributed by atoms with Crippen LogP contribution in [-0.2, 0) is 14.9 Å². The van der Waals surface area contributed by atoms with Crippen LogP contribution in [-0.4, -0.2) is 23.2 Å². The molecule has 0 radical (unpaired) electrons. The van der Waals surface area contributed by atoms with Gasteiger partial charge in [-0.2, -0.15) is 8.42 Å². The quantitative estimate of drug-likeness (QED) is 0.311. The van der Waals surface area contributed by atoms with Gasteiger partial charge in [-0.25, -0.2) is 0 Å². The Morgan fingerprint density at radius 1 is 0.828 bits per heavy atom. The highest BCUT2D eigenvalue weighted by Crippen LogP contribution is 2.53. The molecular formula is C19H12Cl4O5S. The molecule has 5 nitrogen and oxygen atoms in total. The lowest BCUT2D eigenvalue weighted by Crippen LogP contribution is -2.39. The first-order valence-electron chi connectivity index (χ1n) is 7.89. The minimum atomic E-state index is -5.16. The van der Waals surface area contributed by atoms with Gasteiger partial charge in [0, 0.05) is 21.2 Å². The fourth-order valence-electron chi connectivity index (χ4n) is 3.22. The van der Waals surface area contributed by atoms with Crippen molar-refractivity contribution < 1.29 is 23.2 Å². The Bertz CT molecular complexity index is 1210. The van der Waals surface area contributed by atoms with E-state index in [2.05, 4.69) is 0 Å². The highest BCUT2D eigenvalue weighted by Gasteiger charge is 2.53. The van der Waals surface area contributed by atoms with E-state index >= 15 is 0 Å². The summed E-state index contributed by atoms with van der Waals surface area (Å²) in [5.74, 6) is -0.872. The number of benzene rings is 3. The molecule has 3 aromatic carbocycles. The Kier molecular flexibility index (Phi) is 5.98. The minimum Gasteiger partial charge on any atom is -0.508 e. The number of hydrogen-bond donors (Lipinski definition) is 3. The first-order valence-corrected chi connectivity index (χ1v) is 10.8. The fourth-order valence-corrected chi connectivity index (χ4v) is 5.56. The smallest absolute Gasteiger partial charge is 0.283 e. The summed E-state index contributed by atoms with van der Waals surface area (Å²) in [6.07, 6.45) is 0. The van der Waals surface area contributed by atoms with Gasteiger partial charge in [-0.05, 0) is 48.0 Å². The molecule has 1 atom stereocenters. The Balaban J connectivity index is 2.68. The van der Waals surface area contributed by atoms with E-state index in [4.69, 9.17) is 46.4 Å². The van der Waals surface area contributed by atoms with Crippen LogP contribution >= 0.6 is 46.4 Å². The number of aromatic hydroxyl groups is 2. The lowest BCUT2D eigenvalue weighted by Gasteiger charge is -2.34. The van der Waals surface area contributed by atoms with E-state index in [0.29, 0.717) is 0 Å². The lowest BCUT2D eigenvalue weighted by molar-refractivity contribution is 0.439. The van der Waals surface area contributed by atoms with E-state index in [1.807, 2.05) is 0 Å². The van der Waals surface area contributed by atoms with E-state index in [9.17, 15) is 23.2 Å². The van der Waals surface area contributed by atoms with Gasteiger partial charge in [-0.3, -0.25) is 4.55 Å². The van der Waals surface area contributed by atoms with Crippen molar-refractivity contribution in [1.82, 2.24) is 0 Å². The molecule has 3 rings (SSSR count). The number of rotatable bonds is 4. The molecule has 3 N–H and O–H groups in total. The molecule has 0 heterocycles. The molecule has 0 aromatic heterocycles. The molecule has 10 heteroatoms. The Morgan fingerprint density at radius 2 is 1.48 bits per heavy atom. The molecular weight excluding hydrogens is 482 g/mol. The van der Waals surface area contributed by atoms with E-state index in [-0.39, 0.29) is 37.0 Å². The second kappa shape index (κ2) is 7.87. The van der Waals surface area contributed by atoms with Gasteiger partial charge in [0.15, 0.2) is 4.75 Å². The molecule has 0 spiro atoms. The largest absolute Gasteiger partial charge is 0.508 e. The maximum atomic E-state index is 13.0. The molecule has 0 aliphatic rings. The van der Waals surface area contributed by atoms with Crippen LogP contribution in [0.4, 0.5) is 0 Å². The first-order chi connectivity index (χ1) is 13.5. The van der Waals surface area contributed by atoms with Gasteiger partial charge >= 0.3 is 0 Å². The van der Waals surface area contributed by atoms with Gasteiger partial charge in [0.25, 0.3) is 10.1 Å². The average molecular weight is 494 g/mol. The topological polar surface area (TPSA) is 94.8 Å². The third-order valence-corrected chi connectivity index (χ3v) is 7.17. The van der Waals surface area contributed by atoms with E-state index in [1.165, 1.54) is 42.5 Å². The molecule has 29 heavy (non-hydrogen) atoms. The summed E-state index contributed by atoms with van der Waals surface area (Å²) in [6.45, 7) is 0. The Hall–Kier alpha value is -1.67. The van der Waals surface area contributed by atoms with Crippen molar-refractivity contribution in [3.05, 3.63) is 91.4 Å². The summed E-state index contributed by atoms with van der Waals surface area (Å²) < 4.78 is 34.0. The molecule has 0 saturated carbocycles. The molecule has 0 aliphatic carbocycles. The number of phenolic OH excluding ortho intramolecular Hbond substituents is 2. The number of hydrogen-bond acceptors (Lipinski definition) is 4. The zero-order valence-corrected chi connectivity index (χ0v) is 18.1. The zero-order chi connectivity index (χ0) is 21.6. The predicted octanol–water partition coefficient (Wildman–Crippen LogP) is 5.89. The van der Waals surface area contributed by atoms with Crippen LogP contribution in [0.2, 0.25) is 20.1 Å². The molecule has 3 aromatic rings. The van der Waals surface area contributed by atoms with Gasteiger partial charge < -0.3 is 10.2 Å². The first kappa shape index (κ1) is 22.0. The predicted molar refractivity (Wildman–Crippen MR) is 114 cm³/mol. The summed E-state index contributed by atoms with van der Waals surface area (Å²) in [6, 6.07) is 11.4. The van der Waals surface area contributed by atoms with Crippen molar-refractivity contribution in [3.8, 4) is 11.5 Å². The molecule has 0 saturated heterocycles. The number of halogens is 4. The van der Waals surface area contributed by atoms with Crippen molar-refractivity contribution >= 4 is 56.5 Å². The molecule has 0 fully saturated rings. The summed E-state index contributed by atoms with van der Waals surface area (Å²) in [7, 11) is -5.16. The molecule has 0 bridgehead atoms. The van der Waals surface area contributed by atoms with Gasteiger partial charge in [0.05, 0.1) is 10.0 Å². The van der Waals surface area contributed by atoms with Crippen LogP contribution in [0.15, 0.2) is 54.6 Å². The van der Waals surface area contributed by atoms with Crippen molar-refractivity contribution in [1.29, 1.82) is 0 Å². The SMILES string of the molecule is O=S(=O)(O)C(c1cccc(O)c1)(c1cc(Cl)ccc1Cl)c1c(O)ccc(Cl)c1Cl. The fraction of sp³-hybridized carbons (Fsp3) is 0.0526. The lowest BCUT2D eigenvalue weighted by atomic mass is 9.83. The van der Waals surface area contributed by atoms with Crippen molar-refractivity contribution in [2.75, 3.05) is 0 Å². The van der Waals surface area contributed by atoms with Gasteiger partial charge in [-0.15, -0.1) is 0 Å². The van der Waals surface area contributed by atoms with Gasteiger partial charge in [-0.1, -0.05) is 58.5 Å². The second-order valence-corrected chi connectivity index (χ2v) is 9.28. The summed E-state index contributed by atoms with van der Waals surface area (Å²) >= 11 is 24.8. The molecule has 1 unspecified atom stereocenters. The summed E-state index contributed by atoms with van der Waals surface area (Å²) in [4.78, 5) is 0. The summed E-state index contributed by atoms with van der Waals surface area (Å²) in [5.41, 5.74) is -0.785. The van der Waals surface area contributed by atoms with Crippen LogP contribution in [0, 0.1) is 0 Å². The van der Waals surface area contributed by atoms with E-state index in [1.54, 1.807) is 0 Å². The Morgan fingerprint density at radius 3 is 2.10 bits per heavy atom. The van der Waals surface area contributed by atoms with Crippen LogP contribution in [0.5, 0.6) is 11.5 Å². The molecule has 152 valence electrons. The van der Waals surface area contributed by atoms with E-state index in [0.717, 1.165) is 12.1 Å². The van der Waals surface area contributed by atoms with Gasteiger partial charge in [0.1, 0.15) is 11.5 Å². The standard InChI is InChI=1S/C19H12Cl4O5S/c20-11-4-5-14(21)13(9-11)19(29(26,27)28,10-2-1-3-12(24)8-10)17-16(25)7-6-15(22)18(17)23/h1-9,24-25H,(H,26,27,28). The minimum absolute atomic E-state index is 0.0780. The Labute approximate surface area is 186 Å². The van der Waals surface area contributed by atoms with Crippen molar-refractivity contribution in [2.24, 2.45) is 0 Å². The van der Waals surface area contributed by atoms with Crippen LogP contribution in [0.3, 0.4) is 0 Å². The monoisotopic (exact) mass is 492 g/mol. The third kappa shape index (κ3) is 3.65. The van der Waals surface area contributed by atoms with E-state index < -0.39 is 26.2 Å². The third-order valence-electron chi connectivity index (χ3n) is 4.37. The van der Waals surface area contributed by atoms with Crippen LogP contribution < -0.4 is 0 Å². The highest BCUT2D eigenvalue weighted by molar-refractivity contribution is 7.87. The molecule has 0 amide bonds. The zero-order valence-electron chi connectivity index (χ0n) is 14.3.